The van der Waals surface area contributed by atoms with Gasteiger partial charge >= 0.3 is 0 Å². The van der Waals surface area contributed by atoms with Gasteiger partial charge in [-0.2, -0.15) is 0 Å². The van der Waals surface area contributed by atoms with E-state index in [1.165, 1.54) is 11.6 Å². The molecular formula is C20H24N2O3. The minimum absolute atomic E-state index is 0.0836. The van der Waals surface area contributed by atoms with Gasteiger partial charge in [0.05, 0.1) is 6.10 Å². The third-order valence-corrected chi connectivity index (χ3v) is 4.62. The van der Waals surface area contributed by atoms with E-state index in [1.54, 1.807) is 18.2 Å². The van der Waals surface area contributed by atoms with Gasteiger partial charge in [0.2, 0.25) is 0 Å². The monoisotopic (exact) mass is 340 g/mol. The summed E-state index contributed by atoms with van der Waals surface area (Å²) in [6.07, 6.45) is 1.46. The van der Waals surface area contributed by atoms with E-state index in [0.717, 1.165) is 38.0 Å². The number of aliphatic hydroxyl groups is 1. The Morgan fingerprint density at radius 3 is 2.52 bits per heavy atom. The number of amides is 1. The summed E-state index contributed by atoms with van der Waals surface area (Å²) in [7, 11) is 0. The van der Waals surface area contributed by atoms with Crippen LogP contribution in [0.3, 0.4) is 0 Å². The third-order valence-electron chi connectivity index (χ3n) is 4.62. The fourth-order valence-electron chi connectivity index (χ4n) is 3.13. The fraction of sp³-hybridized carbons (Fsp3) is 0.350. The number of phenolic OH excluding ortho intramolecular Hbond substituents is 1. The van der Waals surface area contributed by atoms with E-state index in [1.807, 2.05) is 18.2 Å². The first-order valence-electron chi connectivity index (χ1n) is 8.66. The minimum atomic E-state index is -0.202. The molecule has 1 fully saturated rings. The molecule has 1 saturated heterocycles. The second-order valence-corrected chi connectivity index (χ2v) is 6.51. The van der Waals surface area contributed by atoms with Crippen molar-refractivity contribution in [2.24, 2.45) is 0 Å². The highest BCUT2D eigenvalue weighted by atomic mass is 16.3. The van der Waals surface area contributed by atoms with Crippen LogP contribution in [-0.2, 0) is 13.1 Å². The number of likely N-dealkylation sites (tertiary alicyclic amines) is 1. The summed E-state index contributed by atoms with van der Waals surface area (Å²) in [5.74, 6) is -0.118. The smallest absolute Gasteiger partial charge is 0.251 e. The Balaban J connectivity index is 1.62. The summed E-state index contributed by atoms with van der Waals surface area (Å²) in [5.41, 5.74) is 2.72. The normalized spacial score (nSPS) is 15.9. The predicted molar refractivity (Wildman–Crippen MR) is 96.2 cm³/mol. The van der Waals surface area contributed by atoms with Crippen LogP contribution in [0.15, 0.2) is 48.5 Å². The Hall–Kier alpha value is -2.37. The van der Waals surface area contributed by atoms with Gasteiger partial charge < -0.3 is 15.5 Å². The molecular weight excluding hydrogens is 316 g/mol. The molecule has 1 amide bonds. The maximum atomic E-state index is 12.2. The van der Waals surface area contributed by atoms with E-state index < -0.39 is 0 Å². The molecule has 132 valence electrons. The van der Waals surface area contributed by atoms with Gasteiger partial charge in [0.15, 0.2) is 0 Å². The number of aliphatic hydroxyl groups excluding tert-OH is 1. The molecule has 0 aliphatic carbocycles. The molecule has 0 radical (unpaired) electrons. The van der Waals surface area contributed by atoms with Gasteiger partial charge in [-0.05, 0) is 42.2 Å². The maximum absolute atomic E-state index is 12.2. The predicted octanol–water partition coefficient (Wildman–Crippen LogP) is 2.28. The van der Waals surface area contributed by atoms with Crippen LogP contribution < -0.4 is 5.32 Å². The Kier molecular flexibility index (Phi) is 5.68. The van der Waals surface area contributed by atoms with Crippen LogP contribution in [-0.4, -0.2) is 40.2 Å². The van der Waals surface area contributed by atoms with Crippen LogP contribution in [0, 0.1) is 0 Å². The molecule has 0 bridgehead atoms. The molecule has 3 rings (SSSR count). The second-order valence-electron chi connectivity index (χ2n) is 6.51. The maximum Gasteiger partial charge on any atom is 0.251 e. The van der Waals surface area contributed by atoms with E-state index in [4.69, 9.17) is 0 Å². The second kappa shape index (κ2) is 8.14. The largest absolute Gasteiger partial charge is 0.508 e. The van der Waals surface area contributed by atoms with Crippen molar-refractivity contribution in [1.82, 2.24) is 10.2 Å². The van der Waals surface area contributed by atoms with Crippen molar-refractivity contribution in [1.29, 1.82) is 0 Å². The third kappa shape index (κ3) is 4.81. The van der Waals surface area contributed by atoms with E-state index in [-0.39, 0.29) is 17.8 Å². The topological polar surface area (TPSA) is 72.8 Å². The molecule has 5 nitrogen and oxygen atoms in total. The van der Waals surface area contributed by atoms with Crippen LogP contribution in [0.2, 0.25) is 0 Å². The van der Waals surface area contributed by atoms with Crippen molar-refractivity contribution in [3.8, 4) is 5.75 Å². The summed E-state index contributed by atoms with van der Waals surface area (Å²) in [6, 6.07) is 14.4. The molecule has 0 unspecified atom stereocenters. The van der Waals surface area contributed by atoms with Crippen molar-refractivity contribution < 1.29 is 15.0 Å². The van der Waals surface area contributed by atoms with E-state index in [0.29, 0.717) is 12.1 Å². The number of phenols is 1. The van der Waals surface area contributed by atoms with Crippen LogP contribution in [0.25, 0.3) is 0 Å². The highest BCUT2D eigenvalue weighted by Gasteiger charge is 2.18. The lowest BCUT2D eigenvalue weighted by molar-refractivity contribution is 0.0790. The Labute approximate surface area is 147 Å². The highest BCUT2D eigenvalue weighted by molar-refractivity contribution is 5.94. The summed E-state index contributed by atoms with van der Waals surface area (Å²) < 4.78 is 0. The summed E-state index contributed by atoms with van der Waals surface area (Å²) in [5, 5.41) is 22.0. The average Bonchev–Trinajstić information content (AvgIpc) is 2.62. The zero-order valence-corrected chi connectivity index (χ0v) is 14.2. The fourth-order valence-corrected chi connectivity index (χ4v) is 3.13. The molecule has 1 heterocycles. The molecule has 1 aliphatic rings. The highest BCUT2D eigenvalue weighted by Crippen LogP contribution is 2.17. The molecule has 0 saturated carbocycles. The van der Waals surface area contributed by atoms with Gasteiger partial charge in [0, 0.05) is 31.7 Å². The number of nitrogens with zero attached hydrogens (tertiary/aromatic N) is 1. The Bertz CT molecular complexity index is 724. The van der Waals surface area contributed by atoms with Gasteiger partial charge in [0.1, 0.15) is 5.75 Å². The Morgan fingerprint density at radius 2 is 1.80 bits per heavy atom. The van der Waals surface area contributed by atoms with Crippen LogP contribution in [0.4, 0.5) is 0 Å². The minimum Gasteiger partial charge on any atom is -0.508 e. The van der Waals surface area contributed by atoms with Crippen molar-refractivity contribution in [3.05, 3.63) is 65.2 Å². The molecule has 3 N–H and O–H groups in total. The van der Waals surface area contributed by atoms with Crippen LogP contribution in [0.1, 0.15) is 34.3 Å². The number of piperidine rings is 1. The first-order valence-corrected chi connectivity index (χ1v) is 8.66. The van der Waals surface area contributed by atoms with E-state index in [2.05, 4.69) is 16.3 Å². The SMILES string of the molecule is O=C(NCc1ccccc1CN1CCC(O)CC1)c1cccc(O)c1. The zero-order valence-electron chi connectivity index (χ0n) is 14.2. The van der Waals surface area contributed by atoms with Gasteiger partial charge in [-0.15, -0.1) is 0 Å². The van der Waals surface area contributed by atoms with Crippen LogP contribution >= 0.6 is 0 Å². The van der Waals surface area contributed by atoms with Crippen molar-refractivity contribution >= 4 is 5.91 Å². The van der Waals surface area contributed by atoms with E-state index >= 15 is 0 Å². The van der Waals surface area contributed by atoms with Crippen molar-refractivity contribution in [2.75, 3.05) is 13.1 Å². The quantitative estimate of drug-likeness (QED) is 0.781. The summed E-state index contributed by atoms with van der Waals surface area (Å²) in [4.78, 5) is 14.6. The molecule has 2 aromatic rings. The molecule has 0 spiro atoms. The van der Waals surface area contributed by atoms with Crippen molar-refractivity contribution in [3.63, 3.8) is 0 Å². The number of carbonyl (C=O) groups is 1. The molecule has 25 heavy (non-hydrogen) atoms. The van der Waals surface area contributed by atoms with Gasteiger partial charge in [-0.3, -0.25) is 9.69 Å². The number of nitrogens with one attached hydrogen (secondary N) is 1. The number of benzene rings is 2. The molecule has 0 atom stereocenters. The number of carbonyl (C=O) groups excluding carboxylic acids is 1. The zero-order chi connectivity index (χ0) is 17.6. The lowest BCUT2D eigenvalue weighted by Gasteiger charge is -2.30. The first-order chi connectivity index (χ1) is 12.1. The molecule has 2 aromatic carbocycles. The standard InChI is InChI=1S/C20H24N2O3/c23-18-8-10-22(11-9-18)14-17-5-2-1-4-16(17)13-21-20(25)15-6-3-7-19(24)12-15/h1-7,12,18,23-24H,8-11,13-14H2,(H,21,25). The van der Waals surface area contributed by atoms with Gasteiger partial charge in [-0.1, -0.05) is 30.3 Å². The van der Waals surface area contributed by atoms with Gasteiger partial charge in [-0.25, -0.2) is 0 Å². The van der Waals surface area contributed by atoms with Crippen molar-refractivity contribution in [2.45, 2.75) is 32.0 Å². The van der Waals surface area contributed by atoms with Gasteiger partial charge in [0.25, 0.3) is 5.91 Å². The first kappa shape index (κ1) is 17.5. The lowest BCUT2D eigenvalue weighted by Crippen LogP contribution is -2.35. The van der Waals surface area contributed by atoms with Crippen LogP contribution in [0.5, 0.6) is 5.75 Å². The molecule has 5 heteroatoms. The average molecular weight is 340 g/mol. The summed E-state index contributed by atoms with van der Waals surface area (Å²) >= 11 is 0. The summed E-state index contributed by atoms with van der Waals surface area (Å²) in [6.45, 7) is 3.06. The number of rotatable bonds is 5. The Morgan fingerprint density at radius 1 is 1.08 bits per heavy atom. The van der Waals surface area contributed by atoms with E-state index in [9.17, 15) is 15.0 Å². The number of hydrogen-bond acceptors (Lipinski definition) is 4. The molecule has 0 aromatic heterocycles. The molecule has 1 aliphatic heterocycles. The number of hydrogen-bond donors (Lipinski definition) is 3. The number of aromatic hydroxyl groups is 1. The lowest BCUT2D eigenvalue weighted by atomic mass is 10.0.